The third kappa shape index (κ3) is 5.68. The van der Waals surface area contributed by atoms with Gasteiger partial charge in [0.1, 0.15) is 5.75 Å². The number of hydrogen-bond acceptors (Lipinski definition) is 5. The first-order valence-electron chi connectivity index (χ1n) is 8.62. The van der Waals surface area contributed by atoms with Crippen molar-refractivity contribution in [3.8, 4) is 5.75 Å². The number of methoxy groups -OCH3 is 1. The van der Waals surface area contributed by atoms with Crippen molar-refractivity contribution in [3.63, 3.8) is 0 Å². The van der Waals surface area contributed by atoms with Gasteiger partial charge in [-0.25, -0.2) is 0 Å². The van der Waals surface area contributed by atoms with Crippen LogP contribution in [-0.2, 0) is 4.79 Å². The predicted octanol–water partition coefficient (Wildman–Crippen LogP) is 4.98. The first kappa shape index (κ1) is 23.8. The van der Waals surface area contributed by atoms with Gasteiger partial charge < -0.3 is 10.1 Å². The van der Waals surface area contributed by atoms with E-state index in [9.17, 15) is 14.4 Å². The fourth-order valence-electron chi connectivity index (χ4n) is 2.64. The number of halogens is 3. The van der Waals surface area contributed by atoms with E-state index in [1.165, 1.54) is 0 Å². The van der Waals surface area contributed by atoms with Crippen molar-refractivity contribution in [2.45, 2.75) is 0 Å². The maximum Gasteiger partial charge on any atom is 0.293 e. The molecule has 0 atom stereocenters. The van der Waals surface area contributed by atoms with Gasteiger partial charge in [0.05, 0.1) is 17.6 Å². The summed E-state index contributed by atoms with van der Waals surface area (Å²) in [7, 11) is 1.58. The zero-order valence-corrected chi connectivity index (χ0v) is 22.9. The minimum Gasteiger partial charge on any atom is -0.497 e. The van der Waals surface area contributed by atoms with Crippen LogP contribution in [0.3, 0.4) is 0 Å². The maximum absolute atomic E-state index is 12.6. The molecule has 0 aromatic heterocycles. The fraction of sp³-hybridized carbons (Fsp3) is 0.150. The lowest BCUT2D eigenvalue weighted by molar-refractivity contribution is -0.122. The first-order chi connectivity index (χ1) is 14.3. The molecule has 2 aromatic carbocycles. The maximum atomic E-state index is 12.6. The molecule has 1 heterocycles. The number of ether oxygens (including phenoxy) is 1. The van der Waals surface area contributed by atoms with Crippen LogP contribution in [-0.4, -0.2) is 42.2 Å². The summed E-state index contributed by atoms with van der Waals surface area (Å²) in [5, 5.41) is 2.46. The number of rotatable bonds is 6. The lowest BCUT2D eigenvalue weighted by Gasteiger charge is -2.14. The number of nitrogens with zero attached hydrogens (tertiary/aromatic N) is 1. The standard InChI is InChI=1S/C20H15I3N2O4S/c1-29-13-4-2-11(3-5-13)8-16-19(27)25(20(28)30-16)7-6-24-18(26)14-9-12(21)10-15(22)17(14)23/h2-5,8-10H,6-7H2,1H3,(H,24,26)/b16-8-. The SMILES string of the molecule is COc1ccc(/C=C2\SC(=O)N(CCNC(=O)c3cc(I)cc(I)c3I)C2=O)cc1. The number of carbonyl (C=O) groups is 3. The highest BCUT2D eigenvalue weighted by Gasteiger charge is 2.34. The Morgan fingerprint density at radius 1 is 1.17 bits per heavy atom. The van der Waals surface area contributed by atoms with Crippen LogP contribution >= 0.6 is 79.5 Å². The Balaban J connectivity index is 1.62. The molecule has 10 heteroatoms. The molecule has 156 valence electrons. The molecule has 30 heavy (non-hydrogen) atoms. The average Bonchev–Trinajstić information content (AvgIpc) is 2.98. The molecule has 2 aromatic rings. The minimum atomic E-state index is -0.353. The molecule has 1 aliphatic rings. The largest absolute Gasteiger partial charge is 0.497 e. The van der Waals surface area contributed by atoms with Crippen LogP contribution < -0.4 is 10.1 Å². The lowest BCUT2D eigenvalue weighted by Crippen LogP contribution is -2.37. The van der Waals surface area contributed by atoms with E-state index in [1.54, 1.807) is 25.3 Å². The number of imide groups is 1. The van der Waals surface area contributed by atoms with Crippen molar-refractivity contribution in [3.05, 3.63) is 63.1 Å². The monoisotopic (exact) mass is 760 g/mol. The van der Waals surface area contributed by atoms with Crippen LogP contribution in [0.4, 0.5) is 4.79 Å². The molecule has 0 bridgehead atoms. The predicted molar refractivity (Wildman–Crippen MR) is 143 cm³/mol. The molecule has 0 unspecified atom stereocenters. The minimum absolute atomic E-state index is 0.119. The smallest absolute Gasteiger partial charge is 0.293 e. The highest BCUT2D eigenvalue weighted by atomic mass is 127. The summed E-state index contributed by atoms with van der Waals surface area (Å²) in [5.41, 5.74) is 1.39. The molecule has 1 N–H and O–H groups in total. The van der Waals surface area contributed by atoms with E-state index in [4.69, 9.17) is 4.74 Å². The van der Waals surface area contributed by atoms with Gasteiger partial charge in [-0.05, 0) is 115 Å². The quantitative estimate of drug-likeness (QED) is 0.256. The molecule has 3 rings (SSSR count). The van der Waals surface area contributed by atoms with Gasteiger partial charge in [-0.2, -0.15) is 0 Å². The van der Waals surface area contributed by atoms with E-state index >= 15 is 0 Å². The Kier molecular flexibility index (Phi) is 8.43. The van der Waals surface area contributed by atoms with Crippen molar-refractivity contribution >= 4 is 103 Å². The second kappa shape index (κ2) is 10.6. The highest BCUT2D eigenvalue weighted by molar-refractivity contribution is 14.1. The molecule has 0 spiro atoms. The molecule has 0 saturated carbocycles. The Hall–Kier alpha value is -0.870. The van der Waals surface area contributed by atoms with E-state index in [1.807, 2.05) is 24.3 Å². The molecule has 0 aliphatic carbocycles. The van der Waals surface area contributed by atoms with Gasteiger partial charge in [0, 0.05) is 23.8 Å². The molecule has 1 aliphatic heterocycles. The van der Waals surface area contributed by atoms with Gasteiger partial charge in [0.2, 0.25) is 0 Å². The number of thioether (sulfide) groups is 1. The highest BCUT2D eigenvalue weighted by Crippen LogP contribution is 2.32. The summed E-state index contributed by atoms with van der Waals surface area (Å²) < 4.78 is 7.96. The summed E-state index contributed by atoms with van der Waals surface area (Å²) >= 11 is 7.40. The number of nitrogens with one attached hydrogen (secondary N) is 1. The number of amides is 3. The van der Waals surface area contributed by atoms with Crippen molar-refractivity contribution in [1.29, 1.82) is 0 Å². The van der Waals surface area contributed by atoms with Gasteiger partial charge in [-0.1, -0.05) is 12.1 Å². The molecule has 1 fully saturated rings. The Morgan fingerprint density at radius 2 is 1.87 bits per heavy atom. The Morgan fingerprint density at radius 3 is 2.53 bits per heavy atom. The summed E-state index contributed by atoms with van der Waals surface area (Å²) in [4.78, 5) is 38.9. The number of benzene rings is 2. The van der Waals surface area contributed by atoms with Crippen LogP contribution in [0.2, 0.25) is 0 Å². The third-order valence-electron chi connectivity index (χ3n) is 4.15. The summed E-state index contributed by atoms with van der Waals surface area (Å²) in [6, 6.07) is 11.0. The van der Waals surface area contributed by atoms with Gasteiger partial charge in [-0.3, -0.25) is 19.3 Å². The Labute approximate surface area is 219 Å². The van der Waals surface area contributed by atoms with Crippen LogP contribution in [0.25, 0.3) is 6.08 Å². The molecular formula is C20H15I3N2O4S. The number of carbonyl (C=O) groups excluding carboxylic acids is 3. The van der Waals surface area contributed by atoms with Gasteiger partial charge in [-0.15, -0.1) is 0 Å². The topological polar surface area (TPSA) is 75.7 Å². The zero-order chi connectivity index (χ0) is 21.8. The van der Waals surface area contributed by atoms with E-state index in [-0.39, 0.29) is 30.1 Å². The zero-order valence-electron chi connectivity index (χ0n) is 15.6. The molecule has 0 radical (unpaired) electrons. The number of hydrogen-bond donors (Lipinski definition) is 1. The average molecular weight is 760 g/mol. The van der Waals surface area contributed by atoms with E-state index in [0.717, 1.165) is 32.9 Å². The van der Waals surface area contributed by atoms with Crippen LogP contribution in [0, 0.1) is 10.7 Å². The Bertz CT molecular complexity index is 1040. The van der Waals surface area contributed by atoms with Crippen molar-refractivity contribution in [2.24, 2.45) is 0 Å². The van der Waals surface area contributed by atoms with Crippen LogP contribution in [0.5, 0.6) is 5.75 Å². The van der Waals surface area contributed by atoms with Gasteiger partial charge >= 0.3 is 0 Å². The summed E-state index contributed by atoms with van der Waals surface area (Å²) in [5.74, 6) is 0.137. The van der Waals surface area contributed by atoms with E-state index in [0.29, 0.717) is 16.2 Å². The molecule has 3 amide bonds. The third-order valence-corrected chi connectivity index (χ3v) is 8.72. The van der Waals surface area contributed by atoms with Crippen LogP contribution in [0.1, 0.15) is 15.9 Å². The molecule has 1 saturated heterocycles. The molecule has 6 nitrogen and oxygen atoms in total. The van der Waals surface area contributed by atoms with E-state index in [2.05, 4.69) is 73.1 Å². The normalized spacial score (nSPS) is 15.1. The van der Waals surface area contributed by atoms with Crippen LogP contribution in [0.15, 0.2) is 41.3 Å². The molecular weight excluding hydrogens is 745 g/mol. The fourth-order valence-corrected chi connectivity index (χ4v) is 5.91. The first-order valence-corrected chi connectivity index (χ1v) is 12.7. The van der Waals surface area contributed by atoms with Gasteiger partial charge in [0.25, 0.3) is 17.1 Å². The van der Waals surface area contributed by atoms with Gasteiger partial charge in [0.15, 0.2) is 0 Å². The van der Waals surface area contributed by atoms with Crippen molar-refractivity contribution in [2.75, 3.05) is 20.2 Å². The van der Waals surface area contributed by atoms with E-state index < -0.39 is 0 Å². The second-order valence-corrected chi connectivity index (χ2v) is 10.6. The lowest BCUT2D eigenvalue weighted by atomic mass is 10.2. The van der Waals surface area contributed by atoms with Crippen molar-refractivity contribution < 1.29 is 19.1 Å². The van der Waals surface area contributed by atoms with Crippen molar-refractivity contribution in [1.82, 2.24) is 10.2 Å². The summed E-state index contributed by atoms with van der Waals surface area (Å²) in [6.07, 6.45) is 1.68. The summed E-state index contributed by atoms with van der Waals surface area (Å²) in [6.45, 7) is 0.304. The second-order valence-electron chi connectivity index (χ2n) is 6.11.